The van der Waals surface area contributed by atoms with Gasteiger partial charge >= 0.3 is 6.18 Å². The third kappa shape index (κ3) is 2.40. The van der Waals surface area contributed by atoms with Gasteiger partial charge in [-0.1, -0.05) is 20.8 Å². The summed E-state index contributed by atoms with van der Waals surface area (Å²) in [7, 11) is 0. The molecule has 0 aliphatic heterocycles. The summed E-state index contributed by atoms with van der Waals surface area (Å²) in [6.45, 7) is 4.82. The number of aromatic hydroxyl groups is 2. The molecule has 0 aliphatic rings. The topological polar surface area (TPSA) is 40.5 Å². The summed E-state index contributed by atoms with van der Waals surface area (Å²) in [5.74, 6) is -1.31. The second-order valence-corrected chi connectivity index (χ2v) is 4.63. The van der Waals surface area contributed by atoms with Gasteiger partial charge in [0.15, 0.2) is 11.5 Å². The average Bonchev–Trinajstić information content (AvgIpc) is 2.05. The lowest BCUT2D eigenvalue weighted by molar-refractivity contribution is -0.138. The first-order chi connectivity index (χ1) is 7.03. The highest BCUT2D eigenvalue weighted by Crippen LogP contribution is 2.42. The van der Waals surface area contributed by atoms with Crippen LogP contribution >= 0.6 is 0 Å². The third-order valence-electron chi connectivity index (χ3n) is 2.23. The second kappa shape index (κ2) is 3.57. The molecule has 0 saturated heterocycles. The van der Waals surface area contributed by atoms with Crippen LogP contribution in [0.2, 0.25) is 0 Å². The molecule has 90 valence electrons. The van der Waals surface area contributed by atoms with Crippen molar-refractivity contribution in [3.05, 3.63) is 23.3 Å². The van der Waals surface area contributed by atoms with E-state index in [1.807, 2.05) is 0 Å². The van der Waals surface area contributed by atoms with Crippen molar-refractivity contribution < 1.29 is 23.4 Å². The predicted molar refractivity (Wildman–Crippen MR) is 53.5 cm³/mol. The minimum atomic E-state index is -4.55. The van der Waals surface area contributed by atoms with E-state index in [1.165, 1.54) is 0 Å². The first-order valence-corrected chi connectivity index (χ1v) is 4.67. The van der Waals surface area contributed by atoms with Crippen molar-refractivity contribution in [1.29, 1.82) is 0 Å². The molecule has 0 radical (unpaired) electrons. The largest absolute Gasteiger partial charge is 0.504 e. The number of rotatable bonds is 0. The van der Waals surface area contributed by atoms with Crippen molar-refractivity contribution >= 4 is 0 Å². The van der Waals surface area contributed by atoms with Gasteiger partial charge in [-0.15, -0.1) is 0 Å². The van der Waals surface area contributed by atoms with Gasteiger partial charge in [0.1, 0.15) is 0 Å². The maximum absolute atomic E-state index is 12.7. The molecule has 0 atom stereocenters. The van der Waals surface area contributed by atoms with Gasteiger partial charge in [-0.05, 0) is 23.1 Å². The summed E-state index contributed by atoms with van der Waals surface area (Å²) in [5.41, 5.74) is -1.73. The van der Waals surface area contributed by atoms with Crippen LogP contribution in [0.3, 0.4) is 0 Å². The fraction of sp³-hybridized carbons (Fsp3) is 0.455. The zero-order chi connectivity index (χ0) is 12.7. The molecule has 1 rings (SSSR count). The van der Waals surface area contributed by atoms with E-state index in [-0.39, 0.29) is 5.56 Å². The summed E-state index contributed by atoms with van der Waals surface area (Å²) in [4.78, 5) is 0. The maximum atomic E-state index is 12.7. The van der Waals surface area contributed by atoms with E-state index in [9.17, 15) is 18.3 Å². The molecule has 0 spiro atoms. The van der Waals surface area contributed by atoms with Crippen molar-refractivity contribution in [2.24, 2.45) is 0 Å². The van der Waals surface area contributed by atoms with Crippen LogP contribution in [0, 0.1) is 0 Å². The normalized spacial score (nSPS) is 12.9. The molecule has 1 aromatic rings. The van der Waals surface area contributed by atoms with Gasteiger partial charge in [-0.25, -0.2) is 0 Å². The Kier molecular flexibility index (Phi) is 2.83. The smallest absolute Gasteiger partial charge is 0.416 e. The minimum absolute atomic E-state index is 0.0460. The third-order valence-corrected chi connectivity index (χ3v) is 2.23. The van der Waals surface area contributed by atoms with Crippen LogP contribution in [0.25, 0.3) is 0 Å². The highest BCUT2D eigenvalue weighted by Gasteiger charge is 2.37. The van der Waals surface area contributed by atoms with Gasteiger partial charge in [0.2, 0.25) is 0 Å². The predicted octanol–water partition coefficient (Wildman–Crippen LogP) is 3.41. The molecule has 0 saturated carbocycles. The Hall–Kier alpha value is -1.39. The van der Waals surface area contributed by atoms with Crippen molar-refractivity contribution in [2.75, 3.05) is 0 Å². The summed E-state index contributed by atoms with van der Waals surface area (Å²) in [6, 6.07) is 1.51. The molecule has 2 nitrogen and oxygen atoms in total. The molecular formula is C11H13F3O2. The number of halogens is 3. The van der Waals surface area contributed by atoms with Crippen LogP contribution in [0.5, 0.6) is 11.5 Å². The zero-order valence-electron chi connectivity index (χ0n) is 9.18. The molecule has 0 aromatic heterocycles. The Balaban J connectivity index is 3.53. The number of alkyl halides is 3. The van der Waals surface area contributed by atoms with E-state index in [2.05, 4.69) is 0 Å². The monoisotopic (exact) mass is 234 g/mol. The molecule has 0 aliphatic carbocycles. The van der Waals surface area contributed by atoms with E-state index in [0.717, 1.165) is 6.07 Å². The highest BCUT2D eigenvalue weighted by molar-refractivity contribution is 5.49. The van der Waals surface area contributed by atoms with Gasteiger partial charge in [-0.2, -0.15) is 13.2 Å². The SMILES string of the molecule is CC(C)(C)c1cc(O)c(O)cc1C(F)(F)F. The van der Waals surface area contributed by atoms with E-state index in [4.69, 9.17) is 5.11 Å². The number of phenols is 2. The molecule has 0 bridgehead atoms. The quantitative estimate of drug-likeness (QED) is 0.675. The second-order valence-electron chi connectivity index (χ2n) is 4.63. The molecule has 0 heterocycles. The van der Waals surface area contributed by atoms with E-state index in [1.54, 1.807) is 20.8 Å². The molecule has 5 heteroatoms. The van der Waals surface area contributed by atoms with E-state index < -0.39 is 28.7 Å². The Morgan fingerprint density at radius 3 is 1.56 bits per heavy atom. The van der Waals surface area contributed by atoms with Crippen molar-refractivity contribution in [3.63, 3.8) is 0 Å². The number of hydrogen-bond acceptors (Lipinski definition) is 2. The molecule has 0 unspecified atom stereocenters. The number of hydrogen-bond donors (Lipinski definition) is 2. The number of phenolic OH excluding ortho intramolecular Hbond substituents is 2. The zero-order valence-corrected chi connectivity index (χ0v) is 9.18. The first kappa shape index (κ1) is 12.7. The Morgan fingerprint density at radius 2 is 1.25 bits per heavy atom. The molecule has 2 N–H and O–H groups in total. The van der Waals surface area contributed by atoms with Gasteiger partial charge in [0.05, 0.1) is 5.56 Å². The Labute approximate surface area is 91.3 Å². The molecule has 0 fully saturated rings. The van der Waals surface area contributed by atoms with Gasteiger partial charge in [0.25, 0.3) is 0 Å². The fourth-order valence-corrected chi connectivity index (χ4v) is 1.43. The Bertz CT molecular complexity index is 364. The molecular weight excluding hydrogens is 221 g/mol. The molecule has 0 amide bonds. The van der Waals surface area contributed by atoms with Gasteiger partial charge < -0.3 is 10.2 Å². The minimum Gasteiger partial charge on any atom is -0.504 e. The number of benzene rings is 1. The van der Waals surface area contributed by atoms with Gasteiger partial charge in [0, 0.05) is 0 Å². The standard InChI is InChI=1S/C11H13F3O2/c1-10(2,3)6-4-8(15)9(16)5-7(6)11(12,13)14/h4-5,15-16H,1-3H3. The first-order valence-electron chi connectivity index (χ1n) is 4.67. The van der Waals surface area contributed by atoms with Crippen LogP contribution in [0.4, 0.5) is 13.2 Å². The van der Waals surface area contributed by atoms with Crippen molar-refractivity contribution in [2.45, 2.75) is 32.4 Å². The van der Waals surface area contributed by atoms with E-state index >= 15 is 0 Å². The Morgan fingerprint density at radius 1 is 0.875 bits per heavy atom. The van der Waals surface area contributed by atoms with Crippen molar-refractivity contribution in [1.82, 2.24) is 0 Å². The highest BCUT2D eigenvalue weighted by atomic mass is 19.4. The van der Waals surface area contributed by atoms with Crippen LogP contribution in [0.1, 0.15) is 31.9 Å². The molecule has 16 heavy (non-hydrogen) atoms. The maximum Gasteiger partial charge on any atom is 0.416 e. The average molecular weight is 234 g/mol. The molecule has 1 aromatic carbocycles. The van der Waals surface area contributed by atoms with Crippen LogP contribution in [-0.2, 0) is 11.6 Å². The lowest BCUT2D eigenvalue weighted by Gasteiger charge is -2.24. The van der Waals surface area contributed by atoms with Crippen LogP contribution < -0.4 is 0 Å². The van der Waals surface area contributed by atoms with Gasteiger partial charge in [-0.3, -0.25) is 0 Å². The summed E-state index contributed by atoms with van der Waals surface area (Å²) in [5, 5.41) is 18.3. The van der Waals surface area contributed by atoms with Crippen LogP contribution in [0.15, 0.2) is 12.1 Å². The van der Waals surface area contributed by atoms with Crippen molar-refractivity contribution in [3.8, 4) is 11.5 Å². The lowest BCUT2D eigenvalue weighted by atomic mass is 9.83. The lowest BCUT2D eigenvalue weighted by Crippen LogP contribution is -2.19. The summed E-state index contributed by atoms with van der Waals surface area (Å²) < 4.78 is 38.1. The van der Waals surface area contributed by atoms with Crippen LogP contribution in [-0.4, -0.2) is 10.2 Å². The summed E-state index contributed by atoms with van der Waals surface area (Å²) in [6.07, 6.45) is -4.55. The fourth-order valence-electron chi connectivity index (χ4n) is 1.43. The summed E-state index contributed by atoms with van der Waals surface area (Å²) >= 11 is 0. The van der Waals surface area contributed by atoms with E-state index in [0.29, 0.717) is 6.07 Å².